The van der Waals surface area contributed by atoms with Crippen molar-refractivity contribution in [3.63, 3.8) is 0 Å². The lowest BCUT2D eigenvalue weighted by molar-refractivity contribution is 0.794. The number of nitrogens with zero attached hydrogens (tertiary/aromatic N) is 1. The summed E-state index contributed by atoms with van der Waals surface area (Å²) in [5.41, 5.74) is 2.52. The monoisotopic (exact) mass is 361 g/mol. The van der Waals surface area contributed by atoms with Crippen LogP contribution in [0.25, 0.3) is 32.3 Å². The minimum Gasteiger partial charge on any atom is -0.338 e. The SMILES string of the molecule is CC(C)N(c1cccc2ccccc12)c1cc2ccccc2c2ccccc12. The summed E-state index contributed by atoms with van der Waals surface area (Å²) in [6.45, 7) is 4.54. The van der Waals surface area contributed by atoms with Crippen molar-refractivity contribution in [3.05, 3.63) is 97.1 Å². The fourth-order valence-corrected chi connectivity index (χ4v) is 4.34. The van der Waals surface area contributed by atoms with Crippen molar-refractivity contribution < 1.29 is 0 Å². The van der Waals surface area contributed by atoms with E-state index in [2.05, 4.69) is 116 Å². The third-order valence-electron chi connectivity index (χ3n) is 5.55. The summed E-state index contributed by atoms with van der Waals surface area (Å²) < 4.78 is 0. The Labute approximate surface area is 165 Å². The van der Waals surface area contributed by atoms with Gasteiger partial charge in [0.25, 0.3) is 0 Å². The zero-order chi connectivity index (χ0) is 19.1. The Morgan fingerprint density at radius 3 is 1.82 bits per heavy atom. The van der Waals surface area contributed by atoms with E-state index < -0.39 is 0 Å². The van der Waals surface area contributed by atoms with E-state index in [-0.39, 0.29) is 0 Å². The van der Waals surface area contributed by atoms with Crippen LogP contribution >= 0.6 is 0 Å². The van der Waals surface area contributed by atoms with Crippen LogP contribution in [0.5, 0.6) is 0 Å². The molecule has 0 atom stereocenters. The molecule has 5 aromatic rings. The van der Waals surface area contributed by atoms with Gasteiger partial charge in [0.1, 0.15) is 0 Å². The van der Waals surface area contributed by atoms with Gasteiger partial charge in [-0.1, -0.05) is 84.9 Å². The summed E-state index contributed by atoms with van der Waals surface area (Å²) in [6, 6.07) is 35.4. The molecule has 5 rings (SSSR count). The zero-order valence-electron chi connectivity index (χ0n) is 16.3. The maximum atomic E-state index is 2.48. The number of rotatable bonds is 3. The van der Waals surface area contributed by atoms with Crippen molar-refractivity contribution >= 4 is 43.7 Å². The molecule has 0 aromatic heterocycles. The van der Waals surface area contributed by atoms with Gasteiger partial charge in [-0.05, 0) is 47.5 Å². The lowest BCUT2D eigenvalue weighted by Gasteiger charge is -2.32. The maximum Gasteiger partial charge on any atom is 0.0499 e. The van der Waals surface area contributed by atoms with Crippen LogP contribution in [0.3, 0.4) is 0 Å². The van der Waals surface area contributed by atoms with Crippen LogP contribution in [0.1, 0.15) is 13.8 Å². The molecule has 0 unspecified atom stereocenters. The highest BCUT2D eigenvalue weighted by atomic mass is 15.2. The van der Waals surface area contributed by atoms with Gasteiger partial charge >= 0.3 is 0 Å². The van der Waals surface area contributed by atoms with Gasteiger partial charge in [-0.2, -0.15) is 0 Å². The van der Waals surface area contributed by atoms with Crippen molar-refractivity contribution in [2.24, 2.45) is 0 Å². The van der Waals surface area contributed by atoms with E-state index in [9.17, 15) is 0 Å². The molecule has 0 fully saturated rings. The highest BCUT2D eigenvalue weighted by Crippen LogP contribution is 2.40. The summed E-state index contributed by atoms with van der Waals surface area (Å²) >= 11 is 0. The molecule has 0 heterocycles. The van der Waals surface area contributed by atoms with Crippen LogP contribution in [0.4, 0.5) is 11.4 Å². The first-order valence-corrected chi connectivity index (χ1v) is 9.91. The van der Waals surface area contributed by atoms with E-state index in [1.54, 1.807) is 0 Å². The Balaban J connectivity index is 1.87. The summed E-state index contributed by atoms with van der Waals surface area (Å²) in [6.07, 6.45) is 0. The molecular formula is C27H23N. The van der Waals surface area contributed by atoms with Crippen molar-refractivity contribution in [1.82, 2.24) is 0 Å². The molecule has 0 saturated heterocycles. The Hall–Kier alpha value is -3.32. The van der Waals surface area contributed by atoms with Gasteiger partial charge < -0.3 is 4.90 Å². The first kappa shape index (κ1) is 16.8. The van der Waals surface area contributed by atoms with Crippen molar-refractivity contribution in [1.29, 1.82) is 0 Å². The lowest BCUT2D eigenvalue weighted by Crippen LogP contribution is -2.25. The second-order valence-electron chi connectivity index (χ2n) is 7.62. The van der Waals surface area contributed by atoms with Crippen LogP contribution in [-0.2, 0) is 0 Å². The second-order valence-corrected chi connectivity index (χ2v) is 7.62. The molecular weight excluding hydrogens is 338 g/mol. The minimum atomic E-state index is 0.329. The highest BCUT2D eigenvalue weighted by molar-refractivity contribution is 6.14. The average molecular weight is 361 g/mol. The van der Waals surface area contributed by atoms with Gasteiger partial charge in [-0.25, -0.2) is 0 Å². The summed E-state index contributed by atoms with van der Waals surface area (Å²) in [5.74, 6) is 0. The van der Waals surface area contributed by atoms with Crippen LogP contribution in [0.15, 0.2) is 97.1 Å². The summed E-state index contributed by atoms with van der Waals surface area (Å²) in [5, 5.41) is 7.75. The summed E-state index contributed by atoms with van der Waals surface area (Å²) in [4.78, 5) is 2.48. The molecule has 1 heteroatoms. The van der Waals surface area contributed by atoms with E-state index in [0.717, 1.165) is 0 Å². The van der Waals surface area contributed by atoms with Gasteiger partial charge in [0.15, 0.2) is 0 Å². The molecule has 0 aliphatic rings. The van der Waals surface area contributed by atoms with Gasteiger partial charge in [0.05, 0.1) is 0 Å². The number of anilines is 2. The van der Waals surface area contributed by atoms with E-state index >= 15 is 0 Å². The maximum absolute atomic E-state index is 2.48. The number of hydrogen-bond acceptors (Lipinski definition) is 1. The number of benzene rings is 5. The normalized spacial score (nSPS) is 11.5. The minimum absolute atomic E-state index is 0.329. The fraction of sp³-hybridized carbons (Fsp3) is 0.111. The van der Waals surface area contributed by atoms with Crippen molar-refractivity contribution in [3.8, 4) is 0 Å². The zero-order valence-corrected chi connectivity index (χ0v) is 16.3. The highest BCUT2D eigenvalue weighted by Gasteiger charge is 2.19. The molecule has 5 aromatic carbocycles. The van der Waals surface area contributed by atoms with Crippen LogP contribution in [-0.4, -0.2) is 6.04 Å². The molecule has 0 radical (unpaired) electrons. The van der Waals surface area contributed by atoms with Gasteiger partial charge in [-0.15, -0.1) is 0 Å². The molecule has 1 nitrogen and oxygen atoms in total. The number of fused-ring (bicyclic) bond motifs is 4. The third kappa shape index (κ3) is 2.63. The summed E-state index contributed by atoms with van der Waals surface area (Å²) in [7, 11) is 0. The number of hydrogen-bond donors (Lipinski definition) is 0. The third-order valence-corrected chi connectivity index (χ3v) is 5.55. The fourth-order valence-electron chi connectivity index (χ4n) is 4.34. The Bertz CT molecular complexity index is 1290. The van der Waals surface area contributed by atoms with E-state index in [1.807, 2.05) is 0 Å². The quantitative estimate of drug-likeness (QED) is 0.298. The molecule has 136 valence electrons. The van der Waals surface area contributed by atoms with Crippen LogP contribution in [0, 0.1) is 0 Å². The first-order chi connectivity index (χ1) is 13.7. The van der Waals surface area contributed by atoms with Crippen molar-refractivity contribution in [2.75, 3.05) is 4.90 Å². The topological polar surface area (TPSA) is 3.24 Å². The molecule has 0 amide bonds. The molecule has 0 aliphatic heterocycles. The second kappa shape index (κ2) is 6.69. The van der Waals surface area contributed by atoms with E-state index in [1.165, 1.54) is 43.7 Å². The molecule has 28 heavy (non-hydrogen) atoms. The smallest absolute Gasteiger partial charge is 0.0499 e. The van der Waals surface area contributed by atoms with Gasteiger partial charge in [0, 0.05) is 28.2 Å². The van der Waals surface area contributed by atoms with Crippen LogP contribution in [0.2, 0.25) is 0 Å². The Morgan fingerprint density at radius 2 is 1.07 bits per heavy atom. The Kier molecular flexibility index (Phi) is 4.02. The predicted octanol–water partition coefficient (Wildman–Crippen LogP) is 7.69. The van der Waals surface area contributed by atoms with Gasteiger partial charge in [-0.3, -0.25) is 0 Å². The molecule has 0 spiro atoms. The average Bonchev–Trinajstić information content (AvgIpc) is 2.74. The lowest BCUT2D eigenvalue weighted by atomic mass is 9.98. The molecule has 0 bridgehead atoms. The molecule has 0 aliphatic carbocycles. The molecule has 0 saturated carbocycles. The first-order valence-electron chi connectivity index (χ1n) is 9.91. The predicted molar refractivity (Wildman–Crippen MR) is 123 cm³/mol. The Morgan fingerprint density at radius 1 is 0.500 bits per heavy atom. The van der Waals surface area contributed by atoms with Gasteiger partial charge in [0.2, 0.25) is 0 Å². The standard InChI is InChI=1S/C27H23N/c1-19(2)28(26-17-9-12-20-10-3-6-14-23(20)26)27-18-21-11-4-5-13-22(21)24-15-7-8-16-25(24)27/h3-19H,1-2H3. The largest absolute Gasteiger partial charge is 0.338 e. The van der Waals surface area contributed by atoms with Crippen LogP contribution < -0.4 is 4.90 Å². The molecule has 0 N–H and O–H groups in total. The van der Waals surface area contributed by atoms with Crippen molar-refractivity contribution in [2.45, 2.75) is 19.9 Å². The van der Waals surface area contributed by atoms with E-state index in [0.29, 0.717) is 6.04 Å². The van der Waals surface area contributed by atoms with E-state index in [4.69, 9.17) is 0 Å².